The van der Waals surface area contributed by atoms with Gasteiger partial charge in [0.05, 0.1) is 6.04 Å². The number of nitrogens with zero attached hydrogens (tertiary/aromatic N) is 1. The van der Waals surface area contributed by atoms with Crippen molar-refractivity contribution in [1.82, 2.24) is 0 Å². The van der Waals surface area contributed by atoms with Gasteiger partial charge in [0.25, 0.3) is 0 Å². The highest BCUT2D eigenvalue weighted by molar-refractivity contribution is 9.10. The van der Waals surface area contributed by atoms with Gasteiger partial charge in [-0.1, -0.05) is 19.1 Å². The third-order valence-corrected chi connectivity index (χ3v) is 5.36. The van der Waals surface area contributed by atoms with Crippen LogP contribution < -0.4 is 10.6 Å². The number of anilines is 1. The molecule has 1 aromatic heterocycles. The van der Waals surface area contributed by atoms with Crippen molar-refractivity contribution >= 4 is 33.0 Å². The highest BCUT2D eigenvalue weighted by Gasteiger charge is 2.19. The van der Waals surface area contributed by atoms with Crippen LogP contribution >= 0.6 is 27.3 Å². The molecule has 4 heteroatoms. The van der Waals surface area contributed by atoms with Crippen molar-refractivity contribution < 1.29 is 0 Å². The number of nitrogens with two attached hydrogens (primary N) is 1. The van der Waals surface area contributed by atoms with E-state index in [2.05, 4.69) is 70.5 Å². The summed E-state index contributed by atoms with van der Waals surface area (Å²) in [4.78, 5) is 3.53. The molecule has 2 rings (SSSR count). The Balaban J connectivity index is 2.25. The van der Waals surface area contributed by atoms with Crippen molar-refractivity contribution in [3.63, 3.8) is 0 Å². The lowest BCUT2D eigenvalue weighted by Gasteiger charge is -2.29. The van der Waals surface area contributed by atoms with Gasteiger partial charge < -0.3 is 10.6 Å². The van der Waals surface area contributed by atoms with E-state index in [9.17, 15) is 0 Å². The van der Waals surface area contributed by atoms with Gasteiger partial charge in [-0.3, -0.25) is 0 Å². The first-order valence-electron chi connectivity index (χ1n) is 6.42. The Bertz CT molecular complexity index is 521. The van der Waals surface area contributed by atoms with Gasteiger partial charge in [0.1, 0.15) is 0 Å². The van der Waals surface area contributed by atoms with Crippen molar-refractivity contribution in [1.29, 1.82) is 0 Å². The van der Waals surface area contributed by atoms with Crippen LogP contribution in [0.15, 0.2) is 40.2 Å². The second kappa shape index (κ2) is 6.55. The number of thiophene rings is 1. The standard InChI is InChI=1S/C15H19BrN2S/c1-3-11-4-6-12(7-5-11)18(2)14(10-17)15-13(16)8-9-19-15/h4-9,14H,3,10,17H2,1-2H3. The summed E-state index contributed by atoms with van der Waals surface area (Å²) in [5.74, 6) is 0. The largest absolute Gasteiger partial charge is 0.365 e. The lowest BCUT2D eigenvalue weighted by Crippen LogP contribution is -2.30. The zero-order valence-electron chi connectivity index (χ0n) is 11.3. The summed E-state index contributed by atoms with van der Waals surface area (Å²) in [7, 11) is 2.10. The third-order valence-electron chi connectivity index (χ3n) is 3.39. The fourth-order valence-corrected chi connectivity index (χ4v) is 3.93. The molecule has 1 aromatic carbocycles. The van der Waals surface area contributed by atoms with Crippen LogP contribution in [0.5, 0.6) is 0 Å². The molecule has 1 atom stereocenters. The number of hydrogen-bond acceptors (Lipinski definition) is 3. The number of hydrogen-bond donors (Lipinski definition) is 1. The molecule has 102 valence electrons. The number of rotatable bonds is 5. The maximum Gasteiger partial charge on any atom is 0.0765 e. The van der Waals surface area contributed by atoms with Crippen LogP contribution in [-0.4, -0.2) is 13.6 Å². The van der Waals surface area contributed by atoms with Crippen LogP contribution in [0.4, 0.5) is 5.69 Å². The first kappa shape index (κ1) is 14.6. The third kappa shape index (κ3) is 3.19. The van der Waals surface area contributed by atoms with Crippen molar-refractivity contribution in [2.24, 2.45) is 5.73 Å². The predicted molar refractivity (Wildman–Crippen MR) is 88.0 cm³/mol. The monoisotopic (exact) mass is 338 g/mol. The molecule has 0 spiro atoms. The minimum absolute atomic E-state index is 0.210. The van der Waals surface area contributed by atoms with Crippen LogP contribution in [0.25, 0.3) is 0 Å². The molecule has 1 heterocycles. The van der Waals surface area contributed by atoms with Crippen molar-refractivity contribution in [3.8, 4) is 0 Å². The van der Waals surface area contributed by atoms with Crippen molar-refractivity contribution in [2.45, 2.75) is 19.4 Å². The first-order valence-corrected chi connectivity index (χ1v) is 8.09. The maximum absolute atomic E-state index is 5.97. The molecular weight excluding hydrogens is 320 g/mol. The topological polar surface area (TPSA) is 29.3 Å². The summed E-state index contributed by atoms with van der Waals surface area (Å²) in [5.41, 5.74) is 8.53. The van der Waals surface area contributed by atoms with Crippen LogP contribution in [0.1, 0.15) is 23.4 Å². The average molecular weight is 339 g/mol. The lowest BCUT2D eigenvalue weighted by atomic mass is 10.1. The lowest BCUT2D eigenvalue weighted by molar-refractivity contribution is 0.690. The van der Waals surface area contributed by atoms with E-state index in [-0.39, 0.29) is 6.04 Å². The van der Waals surface area contributed by atoms with E-state index in [1.165, 1.54) is 16.1 Å². The fraction of sp³-hybridized carbons (Fsp3) is 0.333. The summed E-state index contributed by atoms with van der Waals surface area (Å²) in [6.07, 6.45) is 1.07. The summed E-state index contributed by atoms with van der Waals surface area (Å²) in [6, 6.07) is 11.0. The molecule has 0 fully saturated rings. The Labute approximate surface area is 127 Å². The van der Waals surface area contributed by atoms with Crippen LogP contribution in [0.3, 0.4) is 0 Å². The van der Waals surface area contributed by atoms with E-state index in [0.29, 0.717) is 6.54 Å². The van der Waals surface area contributed by atoms with E-state index in [4.69, 9.17) is 5.73 Å². The molecule has 2 aromatic rings. The molecule has 0 radical (unpaired) electrons. The summed E-state index contributed by atoms with van der Waals surface area (Å²) in [6.45, 7) is 2.77. The van der Waals surface area contributed by atoms with E-state index in [1.54, 1.807) is 11.3 Å². The van der Waals surface area contributed by atoms with Gasteiger partial charge in [0.2, 0.25) is 0 Å². The highest BCUT2D eigenvalue weighted by Crippen LogP contribution is 2.33. The highest BCUT2D eigenvalue weighted by atomic mass is 79.9. The van der Waals surface area contributed by atoms with E-state index < -0.39 is 0 Å². The zero-order valence-corrected chi connectivity index (χ0v) is 13.7. The minimum Gasteiger partial charge on any atom is -0.365 e. The molecule has 1 unspecified atom stereocenters. The molecule has 0 saturated carbocycles. The van der Waals surface area contributed by atoms with Gasteiger partial charge in [-0.2, -0.15) is 0 Å². The first-order chi connectivity index (χ1) is 9.17. The molecule has 0 aliphatic rings. The molecule has 2 nitrogen and oxygen atoms in total. The molecule has 2 N–H and O–H groups in total. The summed E-state index contributed by atoms with van der Waals surface area (Å²) < 4.78 is 1.14. The summed E-state index contributed by atoms with van der Waals surface area (Å²) >= 11 is 5.34. The molecule has 0 saturated heterocycles. The number of likely N-dealkylation sites (N-methyl/N-ethyl adjacent to an activating group) is 1. The van der Waals surface area contributed by atoms with E-state index >= 15 is 0 Å². The van der Waals surface area contributed by atoms with Gasteiger partial charge in [0, 0.05) is 28.6 Å². The van der Waals surface area contributed by atoms with Gasteiger partial charge in [-0.15, -0.1) is 11.3 Å². The molecule has 0 aliphatic carbocycles. The van der Waals surface area contributed by atoms with E-state index in [0.717, 1.165) is 10.9 Å². The van der Waals surface area contributed by atoms with Crippen molar-refractivity contribution in [2.75, 3.05) is 18.5 Å². The van der Waals surface area contributed by atoms with Gasteiger partial charge in [-0.05, 0) is 51.5 Å². The Kier molecular flexibility index (Phi) is 5.02. The molecular formula is C15H19BrN2S. The Morgan fingerprint density at radius 2 is 1.95 bits per heavy atom. The van der Waals surface area contributed by atoms with Crippen molar-refractivity contribution in [3.05, 3.63) is 50.6 Å². The van der Waals surface area contributed by atoms with Gasteiger partial charge >= 0.3 is 0 Å². The Morgan fingerprint density at radius 1 is 1.26 bits per heavy atom. The van der Waals surface area contributed by atoms with Crippen LogP contribution in [0.2, 0.25) is 0 Å². The molecule has 19 heavy (non-hydrogen) atoms. The van der Waals surface area contributed by atoms with Gasteiger partial charge in [-0.25, -0.2) is 0 Å². The quantitative estimate of drug-likeness (QED) is 0.884. The number of benzene rings is 1. The molecule has 0 bridgehead atoms. The predicted octanol–water partition coefficient (Wildman–Crippen LogP) is 4.21. The number of halogens is 1. The van der Waals surface area contributed by atoms with E-state index in [1.807, 2.05) is 0 Å². The minimum atomic E-state index is 0.210. The second-order valence-electron chi connectivity index (χ2n) is 4.52. The average Bonchev–Trinajstić information content (AvgIpc) is 2.86. The Morgan fingerprint density at radius 3 is 2.42 bits per heavy atom. The zero-order chi connectivity index (χ0) is 13.8. The number of aryl methyl sites for hydroxylation is 1. The SMILES string of the molecule is CCc1ccc(N(C)C(CN)c2sccc2Br)cc1. The second-order valence-corrected chi connectivity index (χ2v) is 6.32. The fourth-order valence-electron chi connectivity index (χ4n) is 2.13. The molecule has 0 amide bonds. The maximum atomic E-state index is 5.97. The summed E-state index contributed by atoms with van der Waals surface area (Å²) in [5, 5.41) is 2.09. The van der Waals surface area contributed by atoms with Crippen LogP contribution in [0, 0.1) is 0 Å². The Hall–Kier alpha value is -0.840. The van der Waals surface area contributed by atoms with Gasteiger partial charge in [0.15, 0.2) is 0 Å². The smallest absolute Gasteiger partial charge is 0.0765 e. The van der Waals surface area contributed by atoms with Crippen LogP contribution in [-0.2, 0) is 6.42 Å². The molecule has 0 aliphatic heterocycles. The normalized spacial score (nSPS) is 12.4.